The SMILES string of the molecule is CCCCC(NC(=O)CN)C(=O)NCC(=O)N[C@H](C)CC(C)C. The average Bonchev–Trinajstić information content (AvgIpc) is 2.47. The fraction of sp³-hybridized carbons (Fsp3) is 0.812. The molecule has 0 fully saturated rings. The van der Waals surface area contributed by atoms with E-state index in [2.05, 4.69) is 29.8 Å². The van der Waals surface area contributed by atoms with E-state index in [4.69, 9.17) is 5.73 Å². The molecule has 7 heteroatoms. The van der Waals surface area contributed by atoms with Crippen molar-refractivity contribution in [3.05, 3.63) is 0 Å². The maximum Gasteiger partial charge on any atom is 0.243 e. The van der Waals surface area contributed by atoms with Crippen LogP contribution in [0.2, 0.25) is 0 Å². The van der Waals surface area contributed by atoms with Gasteiger partial charge in [0, 0.05) is 6.04 Å². The molecule has 1 unspecified atom stereocenters. The first-order valence-corrected chi connectivity index (χ1v) is 8.36. The Labute approximate surface area is 139 Å². The first-order chi connectivity index (χ1) is 10.8. The van der Waals surface area contributed by atoms with Crippen molar-refractivity contribution in [2.45, 2.75) is 65.5 Å². The Hall–Kier alpha value is -1.63. The minimum Gasteiger partial charge on any atom is -0.352 e. The molecular weight excluding hydrogens is 296 g/mol. The van der Waals surface area contributed by atoms with Crippen molar-refractivity contribution >= 4 is 17.7 Å². The summed E-state index contributed by atoms with van der Waals surface area (Å²) in [7, 11) is 0. The van der Waals surface area contributed by atoms with E-state index >= 15 is 0 Å². The fourth-order valence-electron chi connectivity index (χ4n) is 2.31. The molecule has 0 aliphatic rings. The number of amides is 3. The van der Waals surface area contributed by atoms with E-state index < -0.39 is 6.04 Å². The van der Waals surface area contributed by atoms with Crippen molar-refractivity contribution < 1.29 is 14.4 Å². The second-order valence-corrected chi connectivity index (χ2v) is 6.28. The van der Waals surface area contributed by atoms with Crippen molar-refractivity contribution in [2.24, 2.45) is 11.7 Å². The van der Waals surface area contributed by atoms with Crippen LogP contribution in [0.15, 0.2) is 0 Å². The molecule has 23 heavy (non-hydrogen) atoms. The smallest absolute Gasteiger partial charge is 0.243 e. The van der Waals surface area contributed by atoms with Gasteiger partial charge in [0.15, 0.2) is 0 Å². The van der Waals surface area contributed by atoms with Gasteiger partial charge in [-0.2, -0.15) is 0 Å². The Bertz CT molecular complexity index is 386. The van der Waals surface area contributed by atoms with Crippen molar-refractivity contribution in [2.75, 3.05) is 13.1 Å². The minimum atomic E-state index is -0.646. The lowest BCUT2D eigenvalue weighted by Crippen LogP contribution is -2.50. The van der Waals surface area contributed by atoms with Crippen LogP contribution >= 0.6 is 0 Å². The first-order valence-electron chi connectivity index (χ1n) is 8.36. The van der Waals surface area contributed by atoms with Gasteiger partial charge in [0.1, 0.15) is 6.04 Å². The predicted molar refractivity (Wildman–Crippen MR) is 90.6 cm³/mol. The number of rotatable bonds is 11. The lowest BCUT2D eigenvalue weighted by atomic mass is 10.1. The molecule has 0 aliphatic heterocycles. The highest BCUT2D eigenvalue weighted by molar-refractivity contribution is 5.90. The Balaban J connectivity index is 4.33. The summed E-state index contributed by atoms with van der Waals surface area (Å²) >= 11 is 0. The molecule has 7 nitrogen and oxygen atoms in total. The Kier molecular flexibility index (Phi) is 11.0. The molecule has 0 aromatic rings. The van der Waals surface area contributed by atoms with Gasteiger partial charge in [-0.25, -0.2) is 0 Å². The summed E-state index contributed by atoms with van der Waals surface area (Å²) in [6.07, 6.45) is 3.13. The summed E-state index contributed by atoms with van der Waals surface area (Å²) in [6.45, 7) is 7.85. The lowest BCUT2D eigenvalue weighted by molar-refractivity contribution is -0.130. The maximum absolute atomic E-state index is 12.1. The van der Waals surface area contributed by atoms with Crippen molar-refractivity contribution in [1.29, 1.82) is 0 Å². The van der Waals surface area contributed by atoms with Gasteiger partial charge >= 0.3 is 0 Å². The van der Waals surface area contributed by atoms with Crippen LogP contribution in [-0.2, 0) is 14.4 Å². The number of hydrogen-bond acceptors (Lipinski definition) is 4. The van der Waals surface area contributed by atoms with Crippen LogP contribution in [0.5, 0.6) is 0 Å². The molecule has 0 rings (SSSR count). The third-order valence-electron chi connectivity index (χ3n) is 3.34. The maximum atomic E-state index is 12.1. The van der Waals surface area contributed by atoms with E-state index in [0.29, 0.717) is 12.3 Å². The van der Waals surface area contributed by atoms with Gasteiger partial charge in [0.25, 0.3) is 0 Å². The van der Waals surface area contributed by atoms with Crippen LogP contribution < -0.4 is 21.7 Å². The Morgan fingerprint density at radius 3 is 2.22 bits per heavy atom. The first kappa shape index (κ1) is 21.4. The van der Waals surface area contributed by atoms with Crippen LogP contribution in [0, 0.1) is 5.92 Å². The van der Waals surface area contributed by atoms with E-state index in [1.165, 1.54) is 0 Å². The number of unbranched alkanes of at least 4 members (excludes halogenated alkanes) is 1. The highest BCUT2D eigenvalue weighted by atomic mass is 16.2. The van der Waals surface area contributed by atoms with E-state index in [-0.39, 0.29) is 36.9 Å². The number of carbonyl (C=O) groups excluding carboxylic acids is 3. The summed E-state index contributed by atoms with van der Waals surface area (Å²) in [5.74, 6) is -0.473. The molecule has 134 valence electrons. The lowest BCUT2D eigenvalue weighted by Gasteiger charge is -2.19. The number of nitrogens with one attached hydrogen (secondary N) is 3. The van der Waals surface area contributed by atoms with Crippen LogP contribution in [0.4, 0.5) is 0 Å². The summed E-state index contributed by atoms with van der Waals surface area (Å²) in [4.78, 5) is 35.3. The number of nitrogens with two attached hydrogens (primary N) is 1. The van der Waals surface area contributed by atoms with Crippen LogP contribution in [0.1, 0.15) is 53.4 Å². The molecule has 0 saturated heterocycles. The molecular formula is C16H32N4O3. The van der Waals surface area contributed by atoms with E-state index in [9.17, 15) is 14.4 Å². The summed E-state index contributed by atoms with van der Waals surface area (Å²) in [5.41, 5.74) is 5.26. The van der Waals surface area contributed by atoms with Gasteiger partial charge < -0.3 is 21.7 Å². The zero-order chi connectivity index (χ0) is 17.8. The van der Waals surface area contributed by atoms with E-state index in [1.807, 2.05) is 13.8 Å². The third-order valence-corrected chi connectivity index (χ3v) is 3.34. The van der Waals surface area contributed by atoms with Gasteiger partial charge in [-0.15, -0.1) is 0 Å². The van der Waals surface area contributed by atoms with Crippen LogP contribution in [0.3, 0.4) is 0 Å². The second kappa shape index (κ2) is 11.9. The molecule has 0 bridgehead atoms. The largest absolute Gasteiger partial charge is 0.352 e. The number of carbonyl (C=O) groups is 3. The minimum absolute atomic E-state index is 0.0623. The molecule has 0 aromatic heterocycles. The third kappa shape index (κ3) is 10.7. The molecule has 0 heterocycles. The van der Waals surface area contributed by atoms with Crippen LogP contribution in [-0.4, -0.2) is 42.9 Å². The standard InChI is InChI=1S/C16H32N4O3/c1-5-6-7-13(20-14(21)9-17)16(23)18-10-15(22)19-12(4)8-11(2)3/h11-13H,5-10,17H2,1-4H3,(H,18,23)(H,19,22)(H,20,21)/t12-,13?/m1/s1. The molecule has 0 saturated carbocycles. The topological polar surface area (TPSA) is 113 Å². The zero-order valence-electron chi connectivity index (χ0n) is 14.8. The van der Waals surface area contributed by atoms with Gasteiger partial charge in [-0.1, -0.05) is 33.6 Å². The predicted octanol–water partition coefficient (Wildman–Crippen LogP) is 0.287. The molecule has 0 spiro atoms. The molecule has 0 aliphatic carbocycles. The summed E-state index contributed by atoms with van der Waals surface area (Å²) < 4.78 is 0. The highest BCUT2D eigenvalue weighted by Crippen LogP contribution is 2.03. The van der Waals surface area contributed by atoms with Crippen molar-refractivity contribution in [3.8, 4) is 0 Å². The summed E-state index contributed by atoms with van der Waals surface area (Å²) in [5, 5.41) is 8.00. The Morgan fingerprint density at radius 1 is 1.04 bits per heavy atom. The van der Waals surface area contributed by atoms with Gasteiger partial charge in [0.2, 0.25) is 17.7 Å². The molecule has 5 N–H and O–H groups in total. The zero-order valence-corrected chi connectivity index (χ0v) is 14.8. The van der Waals surface area contributed by atoms with Crippen molar-refractivity contribution in [3.63, 3.8) is 0 Å². The average molecular weight is 328 g/mol. The monoisotopic (exact) mass is 328 g/mol. The van der Waals surface area contributed by atoms with Crippen LogP contribution in [0.25, 0.3) is 0 Å². The molecule has 2 atom stereocenters. The quantitative estimate of drug-likeness (QED) is 0.436. The molecule has 3 amide bonds. The number of hydrogen-bond donors (Lipinski definition) is 4. The van der Waals surface area contributed by atoms with Crippen molar-refractivity contribution in [1.82, 2.24) is 16.0 Å². The normalized spacial score (nSPS) is 13.3. The molecule has 0 radical (unpaired) electrons. The van der Waals surface area contributed by atoms with Gasteiger partial charge in [-0.05, 0) is 25.7 Å². The van der Waals surface area contributed by atoms with Gasteiger partial charge in [0.05, 0.1) is 13.1 Å². The molecule has 0 aromatic carbocycles. The van der Waals surface area contributed by atoms with E-state index in [1.54, 1.807) is 0 Å². The second-order valence-electron chi connectivity index (χ2n) is 6.28. The van der Waals surface area contributed by atoms with Gasteiger partial charge in [-0.3, -0.25) is 14.4 Å². The Morgan fingerprint density at radius 2 is 1.70 bits per heavy atom. The fourth-order valence-corrected chi connectivity index (χ4v) is 2.31. The summed E-state index contributed by atoms with van der Waals surface area (Å²) in [6, 6.07) is -0.584. The highest BCUT2D eigenvalue weighted by Gasteiger charge is 2.20. The van der Waals surface area contributed by atoms with E-state index in [0.717, 1.165) is 19.3 Å².